The molecule has 0 saturated heterocycles. The molecular weight excluding hydrogens is 278 g/mol. The lowest BCUT2D eigenvalue weighted by atomic mass is 10.1. The molecule has 0 aliphatic heterocycles. The lowest BCUT2D eigenvalue weighted by Gasteiger charge is -2.08. The van der Waals surface area contributed by atoms with Crippen molar-refractivity contribution in [2.75, 3.05) is 5.32 Å². The second kappa shape index (κ2) is 5.99. The number of hydrogen-bond acceptors (Lipinski definition) is 6. The predicted molar refractivity (Wildman–Crippen MR) is 73.1 cm³/mol. The number of anilines is 1. The number of nitrogens with zero attached hydrogens (tertiary/aromatic N) is 4. The summed E-state index contributed by atoms with van der Waals surface area (Å²) in [6, 6.07) is 4.10. The van der Waals surface area contributed by atoms with E-state index in [1.807, 2.05) is 6.92 Å². The molecule has 0 bridgehead atoms. The summed E-state index contributed by atoms with van der Waals surface area (Å²) in [6.07, 6.45) is 1.55. The Morgan fingerprint density at radius 3 is 2.90 bits per heavy atom. The molecule has 0 radical (unpaired) electrons. The summed E-state index contributed by atoms with van der Waals surface area (Å²) in [6.45, 7) is 2.79. The summed E-state index contributed by atoms with van der Waals surface area (Å²) in [5.74, 6) is -0.741. The third-order valence-electron chi connectivity index (χ3n) is 2.92. The highest BCUT2D eigenvalue weighted by Gasteiger charge is 2.24. The third kappa shape index (κ3) is 2.96. The average Bonchev–Trinajstić information content (AvgIpc) is 2.91. The van der Waals surface area contributed by atoms with Crippen LogP contribution >= 0.6 is 0 Å². The Labute approximate surface area is 119 Å². The molecule has 0 atom stereocenters. The number of rotatable bonds is 6. The summed E-state index contributed by atoms with van der Waals surface area (Å²) in [7, 11) is 0. The standard InChI is InChI=1S/C12H13N5O4/c1-2-16-7-14-15-10(16)6-13-9-5-3-4-8(12(18)19)11(9)17(20)21/h3-5,7,13H,2,6H2,1H3,(H,18,19). The van der Waals surface area contributed by atoms with E-state index in [1.165, 1.54) is 18.2 Å². The van der Waals surface area contributed by atoms with Gasteiger partial charge in [-0.05, 0) is 19.1 Å². The Morgan fingerprint density at radius 2 is 2.29 bits per heavy atom. The van der Waals surface area contributed by atoms with Crippen molar-refractivity contribution in [3.8, 4) is 0 Å². The maximum Gasteiger partial charge on any atom is 0.342 e. The minimum Gasteiger partial charge on any atom is -0.477 e. The lowest BCUT2D eigenvalue weighted by Crippen LogP contribution is -2.10. The first-order valence-corrected chi connectivity index (χ1v) is 6.15. The molecular formula is C12H13N5O4. The second-order valence-electron chi connectivity index (χ2n) is 4.15. The fraction of sp³-hybridized carbons (Fsp3) is 0.250. The van der Waals surface area contributed by atoms with Gasteiger partial charge >= 0.3 is 11.7 Å². The van der Waals surface area contributed by atoms with Crippen molar-refractivity contribution < 1.29 is 14.8 Å². The number of benzene rings is 1. The highest BCUT2D eigenvalue weighted by Crippen LogP contribution is 2.28. The minimum atomic E-state index is -1.35. The molecule has 0 fully saturated rings. The summed E-state index contributed by atoms with van der Waals surface area (Å²) in [4.78, 5) is 21.4. The zero-order chi connectivity index (χ0) is 15.4. The van der Waals surface area contributed by atoms with E-state index in [1.54, 1.807) is 10.9 Å². The Balaban J connectivity index is 2.30. The molecule has 0 amide bonds. The van der Waals surface area contributed by atoms with E-state index in [0.717, 1.165) is 0 Å². The number of carbonyl (C=O) groups is 1. The molecule has 0 saturated carbocycles. The minimum absolute atomic E-state index is 0.130. The first-order valence-electron chi connectivity index (χ1n) is 6.15. The maximum absolute atomic E-state index is 11.1. The first-order chi connectivity index (χ1) is 10.0. The SMILES string of the molecule is CCn1cnnc1CNc1cccc(C(=O)O)c1[N+](=O)[O-]. The zero-order valence-corrected chi connectivity index (χ0v) is 11.2. The highest BCUT2D eigenvalue weighted by atomic mass is 16.6. The molecule has 0 aliphatic carbocycles. The second-order valence-corrected chi connectivity index (χ2v) is 4.15. The van der Waals surface area contributed by atoms with E-state index in [4.69, 9.17) is 5.11 Å². The predicted octanol–water partition coefficient (Wildman–Crippen LogP) is 1.52. The molecule has 1 aromatic carbocycles. The van der Waals surface area contributed by atoms with Crippen LogP contribution in [0.25, 0.3) is 0 Å². The van der Waals surface area contributed by atoms with E-state index in [0.29, 0.717) is 12.4 Å². The number of aromatic carboxylic acids is 1. The quantitative estimate of drug-likeness (QED) is 0.610. The van der Waals surface area contributed by atoms with Crippen LogP contribution in [0.4, 0.5) is 11.4 Å². The molecule has 2 aromatic rings. The number of nitrogens with one attached hydrogen (secondary N) is 1. The topological polar surface area (TPSA) is 123 Å². The van der Waals surface area contributed by atoms with Crippen molar-refractivity contribution in [3.63, 3.8) is 0 Å². The van der Waals surface area contributed by atoms with Crippen LogP contribution < -0.4 is 5.32 Å². The van der Waals surface area contributed by atoms with Crippen molar-refractivity contribution in [3.05, 3.63) is 46.0 Å². The summed E-state index contributed by atoms with van der Waals surface area (Å²) < 4.78 is 1.78. The van der Waals surface area contributed by atoms with E-state index >= 15 is 0 Å². The van der Waals surface area contributed by atoms with Crippen LogP contribution in [0.2, 0.25) is 0 Å². The average molecular weight is 291 g/mol. The van der Waals surface area contributed by atoms with Crippen LogP contribution in [0, 0.1) is 10.1 Å². The number of hydrogen-bond donors (Lipinski definition) is 2. The monoisotopic (exact) mass is 291 g/mol. The first kappa shape index (κ1) is 14.4. The maximum atomic E-state index is 11.1. The number of carboxylic acids is 1. The van der Waals surface area contributed by atoms with Gasteiger partial charge in [0.05, 0.1) is 11.5 Å². The molecule has 9 heteroatoms. The lowest BCUT2D eigenvalue weighted by molar-refractivity contribution is -0.384. The van der Waals surface area contributed by atoms with Crippen LogP contribution in [-0.4, -0.2) is 30.8 Å². The van der Waals surface area contributed by atoms with Crippen molar-refractivity contribution in [2.24, 2.45) is 0 Å². The van der Waals surface area contributed by atoms with Crippen LogP contribution in [0.3, 0.4) is 0 Å². The van der Waals surface area contributed by atoms with Gasteiger partial charge in [0.25, 0.3) is 0 Å². The number of nitro groups is 1. The Hall–Kier alpha value is -2.97. The van der Waals surface area contributed by atoms with Crippen molar-refractivity contribution in [2.45, 2.75) is 20.0 Å². The molecule has 110 valence electrons. The van der Waals surface area contributed by atoms with Crippen LogP contribution in [-0.2, 0) is 13.1 Å². The molecule has 0 spiro atoms. The molecule has 2 N–H and O–H groups in total. The Morgan fingerprint density at radius 1 is 1.52 bits per heavy atom. The van der Waals surface area contributed by atoms with Crippen molar-refractivity contribution in [1.29, 1.82) is 0 Å². The molecule has 2 rings (SSSR count). The summed E-state index contributed by atoms with van der Waals surface area (Å²) >= 11 is 0. The van der Waals surface area contributed by atoms with Crippen LogP contribution in [0.15, 0.2) is 24.5 Å². The summed E-state index contributed by atoms with van der Waals surface area (Å²) in [5, 5.41) is 30.6. The largest absolute Gasteiger partial charge is 0.477 e. The van der Waals surface area contributed by atoms with Crippen molar-refractivity contribution in [1.82, 2.24) is 14.8 Å². The van der Waals surface area contributed by atoms with E-state index in [-0.39, 0.29) is 17.8 Å². The van der Waals surface area contributed by atoms with Gasteiger partial charge in [0, 0.05) is 6.54 Å². The third-order valence-corrected chi connectivity index (χ3v) is 2.92. The van der Waals surface area contributed by atoms with Gasteiger partial charge in [-0.3, -0.25) is 10.1 Å². The van der Waals surface area contributed by atoms with Gasteiger partial charge in [-0.15, -0.1) is 10.2 Å². The van der Waals surface area contributed by atoms with E-state index in [9.17, 15) is 14.9 Å². The molecule has 1 heterocycles. The molecule has 1 aromatic heterocycles. The van der Waals surface area contributed by atoms with Crippen LogP contribution in [0.5, 0.6) is 0 Å². The number of nitro benzene ring substituents is 1. The van der Waals surface area contributed by atoms with Gasteiger partial charge in [-0.25, -0.2) is 4.79 Å². The van der Waals surface area contributed by atoms with Gasteiger partial charge in [0.15, 0.2) is 5.82 Å². The molecule has 21 heavy (non-hydrogen) atoms. The number of para-hydroxylation sites is 1. The Bertz CT molecular complexity index is 682. The zero-order valence-electron chi connectivity index (χ0n) is 11.2. The Kier molecular flexibility index (Phi) is 4.12. The fourth-order valence-corrected chi connectivity index (χ4v) is 1.91. The van der Waals surface area contributed by atoms with E-state index in [2.05, 4.69) is 15.5 Å². The number of aryl methyl sites for hydroxylation is 1. The number of carboxylic acid groups (broad SMARTS) is 1. The van der Waals surface area contributed by atoms with Crippen LogP contribution in [0.1, 0.15) is 23.1 Å². The number of aromatic nitrogens is 3. The normalized spacial score (nSPS) is 10.3. The fourth-order valence-electron chi connectivity index (χ4n) is 1.91. The van der Waals surface area contributed by atoms with Gasteiger partial charge in [-0.2, -0.15) is 0 Å². The molecule has 9 nitrogen and oxygen atoms in total. The smallest absolute Gasteiger partial charge is 0.342 e. The van der Waals surface area contributed by atoms with Gasteiger partial charge < -0.3 is 15.0 Å². The highest BCUT2D eigenvalue weighted by molar-refractivity contribution is 5.95. The van der Waals surface area contributed by atoms with Gasteiger partial charge in [0.1, 0.15) is 17.6 Å². The van der Waals surface area contributed by atoms with Gasteiger partial charge in [-0.1, -0.05) is 6.07 Å². The van der Waals surface area contributed by atoms with E-state index < -0.39 is 16.6 Å². The molecule has 0 unspecified atom stereocenters. The van der Waals surface area contributed by atoms with Gasteiger partial charge in [0.2, 0.25) is 0 Å². The summed E-state index contributed by atoms with van der Waals surface area (Å²) in [5.41, 5.74) is -0.694. The molecule has 0 aliphatic rings. The van der Waals surface area contributed by atoms with Crippen molar-refractivity contribution >= 4 is 17.3 Å².